The third-order valence-electron chi connectivity index (χ3n) is 12.9. The minimum atomic E-state index is -5.05. The first-order valence-electron chi connectivity index (χ1n) is 22.6. The zero-order valence-electron chi connectivity index (χ0n) is 39.7. The van der Waals surface area contributed by atoms with E-state index in [0.29, 0.717) is 65.7 Å². The van der Waals surface area contributed by atoms with Crippen LogP contribution in [0.25, 0.3) is 10.8 Å². The molecule has 0 radical (unpaired) electrons. The highest BCUT2D eigenvalue weighted by Crippen LogP contribution is 2.52. The molecule has 0 bridgehead atoms. The van der Waals surface area contributed by atoms with E-state index in [4.69, 9.17) is 0 Å². The molecule has 1 unspecified atom stereocenters. The van der Waals surface area contributed by atoms with E-state index in [9.17, 15) is 79.2 Å². The number of nitrogens with zero attached hydrogens (tertiary/aromatic N) is 3. The van der Waals surface area contributed by atoms with Gasteiger partial charge in [-0.25, -0.2) is 0 Å². The Bertz CT molecular complexity index is 3490. The van der Waals surface area contributed by atoms with E-state index in [1.807, 2.05) is 6.92 Å². The molecule has 0 aromatic heterocycles. The molecule has 6 N–H and O–H groups in total. The monoisotopic (exact) mass is 1110 g/mol. The van der Waals surface area contributed by atoms with Gasteiger partial charge in [0, 0.05) is 84.5 Å². The van der Waals surface area contributed by atoms with Crippen molar-refractivity contribution < 1.29 is 83.8 Å². The van der Waals surface area contributed by atoms with Gasteiger partial charge in [-0.3, -0.25) is 42.0 Å². The largest absolute Gasteiger partial charge is 0.354 e. The van der Waals surface area contributed by atoms with Crippen LogP contribution in [-0.2, 0) is 75.8 Å². The molecule has 0 saturated heterocycles. The van der Waals surface area contributed by atoms with Gasteiger partial charge in [0.2, 0.25) is 11.6 Å². The fourth-order valence-electron chi connectivity index (χ4n) is 9.59. The number of amides is 3. The van der Waals surface area contributed by atoms with Crippen molar-refractivity contribution in [1.29, 1.82) is 0 Å². The number of allylic oxidation sites excluding steroid dienone is 6. The number of hydrogen-bond acceptors (Lipinski definition) is 14. The highest BCUT2D eigenvalue weighted by molar-refractivity contribution is 7.87. The van der Waals surface area contributed by atoms with Crippen LogP contribution in [0.5, 0.6) is 0 Å². The van der Waals surface area contributed by atoms with Crippen molar-refractivity contribution in [3.8, 4) is 0 Å². The van der Waals surface area contributed by atoms with Gasteiger partial charge in [0.25, 0.3) is 62.4 Å². The number of fused-ring (bicyclic) bond motifs is 4. The van der Waals surface area contributed by atoms with E-state index in [1.165, 1.54) is 30.3 Å². The molecule has 3 aliphatic rings. The van der Waals surface area contributed by atoms with E-state index < -0.39 is 99.4 Å². The van der Waals surface area contributed by atoms with Gasteiger partial charge in [-0.15, -0.1) is 0 Å². The quantitative estimate of drug-likeness (QED) is 0.0254. The molecule has 6 rings (SSSR count). The molecule has 22 nitrogen and oxygen atoms in total. The third-order valence-corrected chi connectivity index (χ3v) is 17.1. The summed E-state index contributed by atoms with van der Waals surface area (Å²) in [7, 11) is -23.6. The van der Waals surface area contributed by atoms with Crippen LogP contribution < -0.4 is 10.2 Å². The van der Waals surface area contributed by atoms with Crippen molar-refractivity contribution in [2.24, 2.45) is 0 Å². The molecule has 0 fully saturated rings. The molecule has 3 amide bonds. The number of nitrogens with one attached hydrogen (secondary N) is 1. The van der Waals surface area contributed by atoms with Crippen molar-refractivity contribution in [3.63, 3.8) is 0 Å². The smallest absolute Gasteiger partial charge is 0.295 e. The highest BCUT2D eigenvalue weighted by atomic mass is 32.2. The summed E-state index contributed by atoms with van der Waals surface area (Å²) in [5.41, 5.74) is 0.632. The molecular weight excluding hydrogens is 1060 g/mol. The van der Waals surface area contributed by atoms with Crippen LogP contribution in [0.1, 0.15) is 76.8 Å². The molecule has 1 atom stereocenters. The van der Waals surface area contributed by atoms with E-state index in [-0.39, 0.29) is 62.1 Å². The Hall–Kier alpha value is -5.49. The van der Waals surface area contributed by atoms with E-state index >= 15 is 0 Å². The SMILES string of the molecule is CC1(C)C(/C=C/C=C/C=C2/N(CCCS(=O)(=O)O)c3ccc(S(=O)(=O)O)cc3C2(C)CCCCCC(=O)NCCN2C(=O)C=CC2=O)=[N+](CCCS(=O)(=O)O)c2ccc3c(S(=O)(=O)O)cc(S(=O)(=O)O)cc3c21. The fourth-order valence-corrected chi connectivity index (χ4v) is 12.4. The first-order valence-corrected chi connectivity index (χ1v) is 30.1. The van der Waals surface area contributed by atoms with Gasteiger partial charge in [0.15, 0.2) is 5.71 Å². The number of carbonyl (C=O) groups excluding carboxylic acids is 3. The Labute approximate surface area is 423 Å². The summed E-state index contributed by atoms with van der Waals surface area (Å²) in [5, 5.41) is 2.65. The molecule has 3 aliphatic heterocycles. The van der Waals surface area contributed by atoms with Gasteiger partial charge >= 0.3 is 0 Å². The van der Waals surface area contributed by atoms with Gasteiger partial charge < -0.3 is 10.2 Å². The molecular formula is C46H55N4O18S5+. The Balaban J connectivity index is 1.35. The number of carbonyl (C=O) groups is 3. The Morgan fingerprint density at radius 3 is 1.93 bits per heavy atom. The maximum atomic E-state index is 12.6. The summed E-state index contributed by atoms with van der Waals surface area (Å²) in [4.78, 5) is 37.1. The lowest BCUT2D eigenvalue weighted by molar-refractivity contribution is -0.437. The second-order valence-electron chi connectivity index (χ2n) is 18.4. The van der Waals surface area contributed by atoms with Gasteiger partial charge in [0.1, 0.15) is 11.4 Å². The Morgan fingerprint density at radius 2 is 1.32 bits per heavy atom. The molecule has 73 heavy (non-hydrogen) atoms. The summed E-state index contributed by atoms with van der Waals surface area (Å²) in [6, 6.07) is 8.54. The van der Waals surface area contributed by atoms with Crippen LogP contribution in [-0.4, -0.2) is 135 Å². The molecule has 0 saturated carbocycles. The standard InChI is InChI=1S/C46H54N4O18S5/c1-45(2)39(49(24-11-27-70(57,58)59)37-18-16-33-34(44(37)45)28-32(72(63,64)65)30-38(33)73(66,67)68)12-6-4-7-13-40-46(3,21-9-5-8-14-41(51)47-22-25-50-42(52)19-20-43(50)53)35-29-31(71(60,61)62)15-17-36(35)48(40)23-10-26-69(54,55)56/h4,6-7,12-13,15-20,28-30H,5,8-11,14,21-27H2,1-3H3,(H5-,47,51,54,55,56,57,58,59,60,61,62,63,64,65,66,67,68)/p+1. The molecule has 0 spiro atoms. The molecule has 27 heteroatoms. The average molecular weight is 1110 g/mol. The van der Waals surface area contributed by atoms with Crippen LogP contribution in [0.15, 0.2) is 105 Å². The van der Waals surface area contributed by atoms with Crippen molar-refractivity contribution in [1.82, 2.24) is 10.2 Å². The number of benzene rings is 3. The van der Waals surface area contributed by atoms with Crippen LogP contribution in [0.3, 0.4) is 0 Å². The zero-order valence-corrected chi connectivity index (χ0v) is 43.8. The van der Waals surface area contributed by atoms with E-state index in [1.54, 1.807) is 53.7 Å². The van der Waals surface area contributed by atoms with Gasteiger partial charge in [-0.05, 0) is 93.5 Å². The molecule has 396 valence electrons. The number of rotatable bonds is 23. The van der Waals surface area contributed by atoms with Crippen molar-refractivity contribution >= 4 is 96.2 Å². The summed E-state index contributed by atoms with van der Waals surface area (Å²) < 4.78 is 173. The minimum Gasteiger partial charge on any atom is -0.354 e. The maximum Gasteiger partial charge on any atom is 0.295 e. The Kier molecular flexibility index (Phi) is 16.6. The lowest BCUT2D eigenvalue weighted by atomic mass is 9.77. The van der Waals surface area contributed by atoms with Crippen molar-refractivity contribution in [2.75, 3.05) is 42.6 Å². The summed E-state index contributed by atoms with van der Waals surface area (Å²) in [5.74, 6) is -2.48. The fraction of sp³-hybridized carbons (Fsp3) is 0.391. The number of imide groups is 1. The van der Waals surface area contributed by atoms with Crippen LogP contribution in [0.4, 0.5) is 11.4 Å². The van der Waals surface area contributed by atoms with Crippen LogP contribution in [0, 0.1) is 0 Å². The lowest BCUT2D eigenvalue weighted by Crippen LogP contribution is -2.38. The molecule has 3 aromatic rings. The first-order chi connectivity index (χ1) is 33.7. The number of anilines is 1. The topological polar surface area (TPSA) is 345 Å². The summed E-state index contributed by atoms with van der Waals surface area (Å²) in [6.45, 7) is 5.37. The normalized spacial score (nSPS) is 18.9. The molecule has 0 aliphatic carbocycles. The average Bonchev–Trinajstić information content (AvgIpc) is 3.79. The predicted octanol–water partition coefficient (Wildman–Crippen LogP) is 4.28. The van der Waals surface area contributed by atoms with Crippen LogP contribution >= 0.6 is 0 Å². The molecule has 3 aromatic carbocycles. The highest BCUT2D eigenvalue weighted by Gasteiger charge is 2.47. The van der Waals surface area contributed by atoms with Crippen molar-refractivity contribution in [2.45, 2.75) is 91.2 Å². The van der Waals surface area contributed by atoms with Crippen LogP contribution in [0.2, 0.25) is 0 Å². The minimum absolute atomic E-state index is 0.00633. The second-order valence-corrected chi connectivity index (χ2v) is 25.8. The maximum absolute atomic E-state index is 12.6. The van der Waals surface area contributed by atoms with Gasteiger partial charge in [0.05, 0.1) is 26.7 Å². The second kappa shape index (κ2) is 21.4. The Morgan fingerprint density at radius 1 is 0.671 bits per heavy atom. The lowest BCUT2D eigenvalue weighted by Gasteiger charge is -2.30. The van der Waals surface area contributed by atoms with Gasteiger partial charge in [-0.2, -0.15) is 46.7 Å². The number of unbranched alkanes of at least 4 members (excludes halogenated alkanes) is 2. The predicted molar refractivity (Wildman–Crippen MR) is 268 cm³/mol. The summed E-state index contributed by atoms with van der Waals surface area (Å²) >= 11 is 0. The summed E-state index contributed by atoms with van der Waals surface area (Å²) in [6.07, 6.45) is 12.3. The van der Waals surface area contributed by atoms with Gasteiger partial charge in [-0.1, -0.05) is 31.1 Å². The van der Waals surface area contributed by atoms with E-state index in [2.05, 4.69) is 5.32 Å². The first kappa shape index (κ1) is 56.8. The number of hydrogen-bond donors (Lipinski definition) is 6. The van der Waals surface area contributed by atoms with Crippen molar-refractivity contribution in [3.05, 3.63) is 102 Å². The molecule has 3 heterocycles. The zero-order chi connectivity index (χ0) is 54.1. The third kappa shape index (κ3) is 13.3. The van der Waals surface area contributed by atoms with E-state index in [0.717, 1.165) is 23.1 Å².